The number of ether oxygens (including phenoxy) is 3. The summed E-state index contributed by atoms with van der Waals surface area (Å²) in [5, 5.41) is 1.87. The monoisotopic (exact) mass is 1330 g/mol. The zero-order valence-electron chi connectivity index (χ0n) is 55.3. The fourth-order valence-corrected chi connectivity index (χ4v) is 16.4. The molecule has 0 fully saturated rings. The number of nitrogens with zero attached hydrogens (tertiary/aromatic N) is 2. The van der Waals surface area contributed by atoms with Gasteiger partial charge in [0.05, 0.1) is 23.7 Å². The van der Waals surface area contributed by atoms with Crippen LogP contribution < -0.4 is 29.5 Å². The predicted molar refractivity (Wildman–Crippen MR) is 363 cm³/mol. The first-order valence-electron chi connectivity index (χ1n) is 35.4. The fraction of sp³-hybridized carbons (Fsp3) is 0.653. The Morgan fingerprint density at radius 1 is 0.641 bits per heavy atom. The number of benzene rings is 3. The highest BCUT2D eigenvalue weighted by atomic mass is 32.2. The first-order chi connectivity index (χ1) is 44.6. The van der Waals surface area contributed by atoms with Crippen molar-refractivity contribution in [3.05, 3.63) is 98.6 Å². The number of allylic oxidation sites excluding steroid dienone is 4. The molecule has 5 aliphatic rings. The molecule has 5 aliphatic heterocycles. The zero-order valence-corrected chi connectivity index (χ0v) is 57.9. The largest absolute Gasteiger partial charge is 0.472 e. The van der Waals surface area contributed by atoms with E-state index in [1.54, 1.807) is 0 Å². The van der Waals surface area contributed by atoms with Gasteiger partial charge in [-0.05, 0) is 133 Å². The van der Waals surface area contributed by atoms with Crippen LogP contribution in [0.5, 0.6) is 11.5 Å². The molecule has 3 aromatic carbocycles. The molecule has 2 atom stereocenters. The van der Waals surface area contributed by atoms with E-state index < -0.39 is 82.2 Å². The van der Waals surface area contributed by atoms with Crippen molar-refractivity contribution in [2.75, 3.05) is 57.4 Å². The van der Waals surface area contributed by atoms with Crippen LogP contribution >= 0.6 is 7.82 Å². The predicted octanol–water partition coefficient (Wildman–Crippen LogP) is 14.3. The van der Waals surface area contributed by atoms with Crippen LogP contribution in [0.4, 0.5) is 5.69 Å². The SMILES string of the molecule is CCCCCCCC/C=C/CCCCCCCC(=O)OCC(COP(=O)(O)OCCNS(=O)(=O)c1ccc(C2=c3cc4c5c(c3Oc3c2cc2c6c3CCCN6CCC2)CCC[N+]=5CCC4)c(S(=O)(=O)O)c1)OC(=O)CCCCCCC/C=C/CCCCCCCC. The Bertz CT molecular complexity index is 3400. The standard InChI is InChI=1S/C72H106N3O14PS2/c1-3-5-7-9-11-13-15-17-19-21-23-25-27-29-31-41-66(76)85-54-58(88-67(77)42-32-30-28-26-24-22-20-18-16-14-12-10-8-6-4-2)55-87-90(78,79)86-50-45-73-91(80,81)59-43-44-60(65(53-59)92(82,83)84)68-63-51-56-37-33-46-74-48-35-39-61(69(56)74)71(63)89-72-62-40-36-49-75-47-34-38-57(70(62)75)52-64(68)72/h17-20,43-44,51-53,58,73H,3-16,21-42,45-50,54-55H2,1-2H3,(H-,78,79,82,83,84)/p+1/b19-17+,20-18+. The Hall–Kier alpha value is -4.72. The van der Waals surface area contributed by atoms with Gasteiger partial charge < -0.3 is 24.0 Å². The fourth-order valence-electron chi connectivity index (χ4n) is 13.8. The molecule has 3 N–H and O–H groups in total. The summed E-state index contributed by atoms with van der Waals surface area (Å²) in [5.41, 5.74) is 6.97. The summed E-state index contributed by atoms with van der Waals surface area (Å²) in [6.45, 7) is 5.92. The first kappa shape index (κ1) is 73.1. The van der Waals surface area contributed by atoms with Crippen LogP contribution in [-0.2, 0) is 78.5 Å². The number of fused-ring (bicyclic) bond motifs is 4. The van der Waals surface area contributed by atoms with Crippen molar-refractivity contribution in [1.29, 1.82) is 0 Å². The number of aryl methyl sites for hydroxylation is 2. The van der Waals surface area contributed by atoms with Crippen molar-refractivity contribution in [3.8, 4) is 11.5 Å². The molecule has 0 amide bonds. The van der Waals surface area contributed by atoms with E-state index in [0.717, 1.165) is 183 Å². The summed E-state index contributed by atoms with van der Waals surface area (Å²) in [5.74, 6) is 0.259. The lowest BCUT2D eigenvalue weighted by atomic mass is 9.82. The van der Waals surface area contributed by atoms with Crippen LogP contribution in [0.25, 0.3) is 5.57 Å². The number of phosphoric ester groups is 1. The van der Waals surface area contributed by atoms with Gasteiger partial charge in [0.15, 0.2) is 6.10 Å². The van der Waals surface area contributed by atoms with Gasteiger partial charge in [0.1, 0.15) is 36.1 Å². The molecule has 8 rings (SSSR count). The van der Waals surface area contributed by atoms with Crippen LogP contribution in [0.1, 0.15) is 253 Å². The van der Waals surface area contributed by atoms with Gasteiger partial charge >= 0.3 is 19.8 Å². The number of hydrogen-bond acceptors (Lipinski definition) is 13. The van der Waals surface area contributed by atoms with E-state index >= 15 is 0 Å². The van der Waals surface area contributed by atoms with Crippen LogP contribution in [0.15, 0.2) is 64.4 Å². The quantitative estimate of drug-likeness (QED) is 0.00935. The highest BCUT2D eigenvalue weighted by Gasteiger charge is 2.38. The molecule has 0 bridgehead atoms. The smallest absolute Gasteiger partial charge is 0.462 e. The highest BCUT2D eigenvalue weighted by Crippen LogP contribution is 2.49. The lowest BCUT2D eigenvalue weighted by Crippen LogP contribution is -2.45. The lowest BCUT2D eigenvalue weighted by molar-refractivity contribution is -0.161. The van der Waals surface area contributed by atoms with Crippen LogP contribution in [0.3, 0.4) is 0 Å². The molecule has 2 unspecified atom stereocenters. The molecule has 92 heavy (non-hydrogen) atoms. The second kappa shape index (κ2) is 37.5. The Morgan fingerprint density at radius 2 is 1.20 bits per heavy atom. The van der Waals surface area contributed by atoms with Crippen molar-refractivity contribution < 1.29 is 63.7 Å². The minimum Gasteiger partial charge on any atom is -0.462 e. The molecule has 0 spiro atoms. The van der Waals surface area contributed by atoms with Crippen molar-refractivity contribution >= 4 is 51.2 Å². The number of nitrogens with one attached hydrogen (secondary N) is 1. The number of phosphoric acid groups is 1. The van der Waals surface area contributed by atoms with Gasteiger partial charge in [-0.25, -0.2) is 22.3 Å². The molecule has 0 saturated carbocycles. The molecule has 5 heterocycles. The molecular formula is C72H107N3O14PS2+. The Morgan fingerprint density at radius 3 is 1.82 bits per heavy atom. The number of esters is 2. The summed E-state index contributed by atoms with van der Waals surface area (Å²) in [6.07, 6.45) is 44.1. The second-order valence-corrected chi connectivity index (χ2v) is 30.5. The van der Waals surface area contributed by atoms with Crippen molar-refractivity contribution in [3.63, 3.8) is 0 Å². The van der Waals surface area contributed by atoms with E-state index in [-0.39, 0.29) is 18.4 Å². The third kappa shape index (κ3) is 21.9. The summed E-state index contributed by atoms with van der Waals surface area (Å²) in [4.78, 5) is 38.2. The number of unbranched alkanes of at least 4 members (excludes halogenated alkanes) is 22. The normalized spacial score (nSPS) is 16.2. The van der Waals surface area contributed by atoms with E-state index in [4.69, 9.17) is 23.3 Å². The third-order valence-corrected chi connectivity index (χ3v) is 21.9. The minimum atomic E-state index is -5.08. The van der Waals surface area contributed by atoms with Gasteiger partial charge in [-0.3, -0.25) is 23.2 Å². The van der Waals surface area contributed by atoms with Crippen molar-refractivity contribution in [2.45, 2.75) is 261 Å². The van der Waals surface area contributed by atoms with Gasteiger partial charge in [0.2, 0.25) is 15.4 Å². The Balaban J connectivity index is 0.859. The Kier molecular flexibility index (Phi) is 29.8. The molecule has 17 nitrogen and oxygen atoms in total. The molecule has 510 valence electrons. The van der Waals surface area contributed by atoms with E-state index in [2.05, 4.69) is 64.5 Å². The van der Waals surface area contributed by atoms with Gasteiger partial charge in [-0.2, -0.15) is 8.42 Å². The number of rotatable bonds is 44. The van der Waals surface area contributed by atoms with E-state index in [1.807, 2.05) is 0 Å². The zero-order chi connectivity index (χ0) is 65.2. The van der Waals surface area contributed by atoms with Crippen molar-refractivity contribution in [1.82, 2.24) is 9.30 Å². The lowest BCUT2D eigenvalue weighted by Gasteiger charge is -2.39. The molecule has 0 aromatic heterocycles. The number of sulfonamides is 1. The molecule has 20 heteroatoms. The minimum absolute atomic E-state index is 0.0957. The molecule has 0 aliphatic carbocycles. The average molecular weight is 1330 g/mol. The van der Waals surface area contributed by atoms with E-state index in [0.29, 0.717) is 40.7 Å². The maximum Gasteiger partial charge on any atom is 0.472 e. The summed E-state index contributed by atoms with van der Waals surface area (Å²) in [7, 11) is -14.6. The number of hydrogen-bond donors (Lipinski definition) is 3. The third-order valence-electron chi connectivity index (χ3n) is 18.6. The van der Waals surface area contributed by atoms with Crippen LogP contribution in [-0.4, -0.2) is 96.9 Å². The number of anilines is 1. The maximum absolute atomic E-state index is 14.0. The van der Waals surface area contributed by atoms with Gasteiger partial charge in [0.25, 0.3) is 10.1 Å². The van der Waals surface area contributed by atoms with Gasteiger partial charge in [-0.15, -0.1) is 0 Å². The maximum atomic E-state index is 14.0. The Labute approximate surface area is 549 Å². The highest BCUT2D eigenvalue weighted by molar-refractivity contribution is 7.89. The number of carbonyl (C=O) groups is 2. The first-order valence-corrected chi connectivity index (χ1v) is 39.8. The molecule has 0 saturated heterocycles. The topological polar surface area (TPSA) is 224 Å². The summed E-state index contributed by atoms with van der Waals surface area (Å²) < 4.78 is 113. The van der Waals surface area contributed by atoms with E-state index in [1.165, 1.54) is 100 Å². The molecular weight excluding hydrogens is 1230 g/mol. The number of carbonyl (C=O) groups excluding carboxylic acids is 2. The van der Waals surface area contributed by atoms with Crippen molar-refractivity contribution in [2.24, 2.45) is 0 Å². The average Bonchev–Trinajstić information content (AvgIpc) is 0.711. The van der Waals surface area contributed by atoms with Gasteiger partial charge in [0, 0.05) is 84.1 Å². The summed E-state index contributed by atoms with van der Waals surface area (Å²) in [6, 6.07) is 7.83. The van der Waals surface area contributed by atoms with Crippen LogP contribution in [0, 0.1) is 0 Å². The summed E-state index contributed by atoms with van der Waals surface area (Å²) >= 11 is 0. The van der Waals surface area contributed by atoms with Gasteiger partial charge in [-0.1, -0.05) is 147 Å². The molecule has 0 radical (unpaired) electrons. The van der Waals surface area contributed by atoms with E-state index in [9.17, 15) is 40.4 Å². The second-order valence-electron chi connectivity index (χ2n) is 25.9. The van der Waals surface area contributed by atoms with Crippen LogP contribution in [0.2, 0.25) is 0 Å². The molecule has 3 aromatic rings.